The maximum Gasteiger partial charge on any atom is 0.105 e. The molecule has 0 saturated carbocycles. The van der Waals surface area contributed by atoms with Gasteiger partial charge in [-0.1, -0.05) is 49.6 Å². The Morgan fingerprint density at radius 3 is 2.70 bits per heavy atom. The summed E-state index contributed by atoms with van der Waals surface area (Å²) >= 11 is 1.50. The van der Waals surface area contributed by atoms with Gasteiger partial charge in [-0.2, -0.15) is 5.26 Å². The van der Waals surface area contributed by atoms with Crippen molar-refractivity contribution in [1.29, 1.82) is 5.26 Å². The summed E-state index contributed by atoms with van der Waals surface area (Å²) in [5.74, 6) is 0. The maximum atomic E-state index is 9.36. The number of anilines is 1. The highest BCUT2D eigenvalue weighted by atomic mass is 32.1. The van der Waals surface area contributed by atoms with E-state index in [-0.39, 0.29) is 0 Å². The van der Waals surface area contributed by atoms with Gasteiger partial charge in [-0.25, -0.2) is 0 Å². The smallest absolute Gasteiger partial charge is 0.105 e. The van der Waals surface area contributed by atoms with Crippen LogP contribution in [0.3, 0.4) is 0 Å². The lowest BCUT2D eigenvalue weighted by atomic mass is 9.84. The Balaban J connectivity index is 2.06. The van der Waals surface area contributed by atoms with E-state index >= 15 is 0 Å². The standard InChI is InChI=1S/C20H18N2S/c1-3-15-9-10-16-17(12-21)20(22)23-19(16)18(15)13(2)11-14-7-5-4-6-8-14/h3-8H,1-2,9-11,22H2. The SMILES string of the molecule is C=CC1=C(C(=C)Cc2ccccc2)c2sc(N)c(C#N)c2CC1. The molecule has 0 amide bonds. The first-order valence-electron chi connectivity index (χ1n) is 7.55. The first-order chi connectivity index (χ1) is 11.2. The lowest BCUT2D eigenvalue weighted by Gasteiger charge is -2.21. The average molecular weight is 318 g/mol. The summed E-state index contributed by atoms with van der Waals surface area (Å²) in [5.41, 5.74) is 12.4. The summed E-state index contributed by atoms with van der Waals surface area (Å²) < 4.78 is 0. The van der Waals surface area contributed by atoms with Crippen LogP contribution in [0.2, 0.25) is 0 Å². The Hall–Kier alpha value is -2.57. The van der Waals surface area contributed by atoms with Crippen molar-refractivity contribution in [2.24, 2.45) is 0 Å². The quantitative estimate of drug-likeness (QED) is 0.873. The van der Waals surface area contributed by atoms with Crippen molar-refractivity contribution in [1.82, 2.24) is 0 Å². The molecule has 3 rings (SSSR count). The van der Waals surface area contributed by atoms with E-state index in [9.17, 15) is 5.26 Å². The fourth-order valence-corrected chi connectivity index (χ4v) is 4.30. The second-order valence-corrected chi connectivity index (χ2v) is 6.68. The van der Waals surface area contributed by atoms with Crippen molar-refractivity contribution in [3.8, 4) is 6.07 Å². The molecule has 0 saturated heterocycles. The number of rotatable bonds is 4. The number of nitrogens with zero attached hydrogens (tertiary/aromatic N) is 1. The van der Waals surface area contributed by atoms with Gasteiger partial charge in [0.25, 0.3) is 0 Å². The Bertz CT molecular complexity index is 848. The van der Waals surface area contributed by atoms with E-state index in [1.54, 1.807) is 0 Å². The third-order valence-corrected chi connectivity index (χ3v) is 5.28. The van der Waals surface area contributed by atoms with Crippen LogP contribution < -0.4 is 5.73 Å². The molecule has 0 bridgehead atoms. The highest BCUT2D eigenvalue weighted by Crippen LogP contribution is 2.44. The van der Waals surface area contributed by atoms with E-state index in [2.05, 4.69) is 31.4 Å². The minimum Gasteiger partial charge on any atom is -0.389 e. The molecule has 0 fully saturated rings. The van der Waals surface area contributed by atoms with E-state index in [4.69, 9.17) is 5.73 Å². The predicted octanol–water partition coefficient (Wildman–Crippen LogP) is 4.89. The predicted molar refractivity (Wildman–Crippen MR) is 98.2 cm³/mol. The molecule has 1 aliphatic rings. The molecule has 2 aromatic rings. The topological polar surface area (TPSA) is 49.8 Å². The van der Waals surface area contributed by atoms with Gasteiger partial charge in [-0.05, 0) is 47.1 Å². The van der Waals surface area contributed by atoms with Crippen molar-refractivity contribution < 1.29 is 0 Å². The molecule has 3 heteroatoms. The van der Waals surface area contributed by atoms with Crippen molar-refractivity contribution in [3.63, 3.8) is 0 Å². The van der Waals surface area contributed by atoms with Gasteiger partial charge in [0.05, 0.1) is 5.56 Å². The molecule has 0 spiro atoms. The molecular formula is C20H18N2S. The summed E-state index contributed by atoms with van der Waals surface area (Å²) in [6.07, 6.45) is 4.42. The first-order valence-corrected chi connectivity index (χ1v) is 8.36. The number of thiophene rings is 1. The molecule has 1 aromatic carbocycles. The normalized spacial score (nSPS) is 13.3. The zero-order valence-corrected chi connectivity index (χ0v) is 13.7. The lowest BCUT2D eigenvalue weighted by molar-refractivity contribution is 0.944. The Kier molecular flexibility index (Phi) is 4.18. The summed E-state index contributed by atoms with van der Waals surface area (Å²) in [7, 11) is 0. The van der Waals surface area contributed by atoms with E-state index in [1.807, 2.05) is 24.3 Å². The van der Waals surface area contributed by atoms with E-state index in [1.165, 1.54) is 22.5 Å². The van der Waals surface area contributed by atoms with Crippen molar-refractivity contribution in [3.05, 3.63) is 82.3 Å². The van der Waals surface area contributed by atoms with Crippen LogP contribution in [0.15, 0.2) is 60.7 Å². The number of hydrogen-bond acceptors (Lipinski definition) is 3. The number of benzene rings is 1. The van der Waals surface area contributed by atoms with E-state index in [0.717, 1.165) is 40.8 Å². The zero-order valence-electron chi connectivity index (χ0n) is 12.9. The van der Waals surface area contributed by atoms with Gasteiger partial charge in [0.1, 0.15) is 11.1 Å². The van der Waals surface area contributed by atoms with Crippen LogP contribution in [0.25, 0.3) is 5.57 Å². The number of hydrogen-bond donors (Lipinski definition) is 1. The van der Waals surface area contributed by atoms with Gasteiger partial charge in [0.2, 0.25) is 0 Å². The summed E-state index contributed by atoms with van der Waals surface area (Å²) in [6, 6.07) is 12.5. The molecule has 2 N–H and O–H groups in total. The zero-order chi connectivity index (χ0) is 16.4. The number of fused-ring (bicyclic) bond motifs is 1. The second kappa shape index (κ2) is 6.28. The molecule has 0 aliphatic heterocycles. The van der Waals surface area contributed by atoms with Crippen molar-refractivity contribution in [2.75, 3.05) is 5.73 Å². The van der Waals surface area contributed by atoms with Crippen LogP contribution in [0, 0.1) is 11.3 Å². The van der Waals surface area contributed by atoms with Crippen molar-refractivity contribution >= 4 is 21.9 Å². The molecule has 0 atom stereocenters. The molecule has 23 heavy (non-hydrogen) atoms. The second-order valence-electron chi connectivity index (χ2n) is 5.63. The molecule has 114 valence electrons. The Morgan fingerprint density at radius 2 is 2.04 bits per heavy atom. The minimum absolute atomic E-state index is 0.604. The molecule has 0 unspecified atom stereocenters. The summed E-state index contributed by atoms with van der Waals surface area (Å²) in [6.45, 7) is 8.27. The van der Waals surface area contributed by atoms with Gasteiger partial charge in [-0.15, -0.1) is 11.3 Å². The van der Waals surface area contributed by atoms with Gasteiger partial charge in [0.15, 0.2) is 0 Å². The molecule has 1 aromatic heterocycles. The highest BCUT2D eigenvalue weighted by molar-refractivity contribution is 7.17. The molecule has 1 heterocycles. The summed E-state index contributed by atoms with van der Waals surface area (Å²) in [4.78, 5) is 1.10. The van der Waals surface area contributed by atoms with Gasteiger partial charge in [-0.3, -0.25) is 0 Å². The Labute approximate surface area is 140 Å². The highest BCUT2D eigenvalue weighted by Gasteiger charge is 2.26. The Morgan fingerprint density at radius 1 is 1.30 bits per heavy atom. The van der Waals surface area contributed by atoms with Crippen LogP contribution in [0.1, 0.15) is 28.0 Å². The molecular weight excluding hydrogens is 300 g/mol. The van der Waals surface area contributed by atoms with Gasteiger partial charge in [0, 0.05) is 4.88 Å². The number of nitrogens with two attached hydrogens (primary N) is 1. The largest absolute Gasteiger partial charge is 0.389 e. The average Bonchev–Trinajstić information content (AvgIpc) is 2.89. The number of nitrogen functional groups attached to an aromatic ring is 1. The van der Waals surface area contributed by atoms with Crippen LogP contribution in [-0.2, 0) is 12.8 Å². The molecule has 1 aliphatic carbocycles. The van der Waals surface area contributed by atoms with Crippen LogP contribution in [-0.4, -0.2) is 0 Å². The van der Waals surface area contributed by atoms with Crippen LogP contribution in [0.4, 0.5) is 5.00 Å². The molecule has 2 nitrogen and oxygen atoms in total. The van der Waals surface area contributed by atoms with Crippen molar-refractivity contribution in [2.45, 2.75) is 19.3 Å². The van der Waals surface area contributed by atoms with Gasteiger partial charge >= 0.3 is 0 Å². The van der Waals surface area contributed by atoms with Crippen LogP contribution >= 0.6 is 11.3 Å². The summed E-state index contributed by atoms with van der Waals surface area (Å²) in [5, 5.41) is 9.97. The third-order valence-electron chi connectivity index (χ3n) is 4.20. The molecule has 0 radical (unpaired) electrons. The lowest BCUT2D eigenvalue weighted by Crippen LogP contribution is -2.05. The van der Waals surface area contributed by atoms with Crippen LogP contribution in [0.5, 0.6) is 0 Å². The first kappa shape index (κ1) is 15.3. The van der Waals surface area contributed by atoms with E-state index in [0.29, 0.717) is 10.6 Å². The maximum absolute atomic E-state index is 9.36. The fraction of sp³-hybridized carbons (Fsp3) is 0.150. The fourth-order valence-electron chi connectivity index (χ4n) is 3.10. The number of allylic oxidation sites excluding steroid dienone is 4. The third kappa shape index (κ3) is 2.74. The van der Waals surface area contributed by atoms with Gasteiger partial charge < -0.3 is 5.73 Å². The minimum atomic E-state index is 0.604. The monoisotopic (exact) mass is 318 g/mol. The number of nitriles is 1. The van der Waals surface area contributed by atoms with E-state index < -0.39 is 0 Å².